The first-order valence-corrected chi connectivity index (χ1v) is 16.6. The van der Waals surface area contributed by atoms with Gasteiger partial charge in [-0.3, -0.25) is 0 Å². The van der Waals surface area contributed by atoms with Crippen molar-refractivity contribution in [3.63, 3.8) is 0 Å². The van der Waals surface area contributed by atoms with E-state index in [1.165, 1.54) is 11.1 Å². The number of hydrogen-bond donors (Lipinski definition) is 2. The molecule has 0 spiro atoms. The summed E-state index contributed by atoms with van der Waals surface area (Å²) in [5, 5.41) is 6.80. The van der Waals surface area contributed by atoms with Gasteiger partial charge in [-0.1, -0.05) is 26.7 Å². The van der Waals surface area contributed by atoms with Crippen molar-refractivity contribution in [1.82, 2.24) is 0 Å². The van der Waals surface area contributed by atoms with Crippen LogP contribution in [0.2, 0.25) is 0 Å². The van der Waals surface area contributed by atoms with Crippen molar-refractivity contribution in [3.05, 3.63) is 71.8 Å². The summed E-state index contributed by atoms with van der Waals surface area (Å²) in [5.74, 6) is 3.35. The van der Waals surface area contributed by atoms with Crippen LogP contribution in [0.1, 0.15) is 59.5 Å². The van der Waals surface area contributed by atoms with Gasteiger partial charge >= 0.3 is 29.6 Å². The minimum absolute atomic E-state index is 0. The Morgan fingerprint density at radius 1 is 0.681 bits per heavy atom. The molecule has 1 heterocycles. The van der Waals surface area contributed by atoms with E-state index in [0.717, 1.165) is 66.7 Å². The summed E-state index contributed by atoms with van der Waals surface area (Å²) in [6.07, 6.45) is 4.38. The van der Waals surface area contributed by atoms with Crippen molar-refractivity contribution < 1.29 is 64.1 Å². The molecule has 1 aliphatic rings. The Morgan fingerprint density at radius 2 is 1.17 bits per heavy atom. The molecular weight excluding hydrogens is 627 g/mol. The van der Waals surface area contributed by atoms with Gasteiger partial charge in [0, 0.05) is 18.0 Å². The molecule has 9 nitrogen and oxygen atoms in total. The second kappa shape index (κ2) is 24.6. The van der Waals surface area contributed by atoms with E-state index >= 15 is 0 Å². The van der Waals surface area contributed by atoms with Crippen molar-refractivity contribution in [2.24, 2.45) is 0 Å². The van der Waals surface area contributed by atoms with Gasteiger partial charge in [0.05, 0.1) is 46.2 Å². The number of fused-ring (bicyclic) bond motifs is 1. The van der Waals surface area contributed by atoms with Gasteiger partial charge in [-0.15, -0.1) is 0 Å². The fourth-order valence-corrected chi connectivity index (χ4v) is 4.66. The van der Waals surface area contributed by atoms with Crippen LogP contribution in [-0.2, 0) is 27.2 Å². The average molecular weight is 679 g/mol. The minimum atomic E-state index is 0. The van der Waals surface area contributed by atoms with E-state index < -0.39 is 0 Å². The predicted molar refractivity (Wildman–Crippen MR) is 189 cm³/mol. The topological polar surface area (TPSA) is 88.7 Å². The molecule has 0 saturated heterocycles. The van der Waals surface area contributed by atoms with Crippen molar-refractivity contribution in [3.8, 4) is 23.0 Å². The van der Waals surface area contributed by atoms with Crippen LogP contribution < -0.4 is 59.1 Å². The molecule has 254 valence electrons. The molecule has 0 unspecified atom stereocenters. The van der Waals surface area contributed by atoms with Crippen LogP contribution >= 0.6 is 12.2 Å². The van der Waals surface area contributed by atoms with Crippen molar-refractivity contribution in [1.29, 1.82) is 0 Å². The van der Waals surface area contributed by atoms with E-state index in [1.54, 1.807) is 0 Å². The van der Waals surface area contributed by atoms with Gasteiger partial charge in [-0.25, -0.2) is 0 Å². The normalized spacial score (nSPS) is 11.1. The van der Waals surface area contributed by atoms with Crippen LogP contribution in [-0.4, -0.2) is 58.2 Å². The van der Waals surface area contributed by atoms with Crippen LogP contribution in [0.5, 0.6) is 23.0 Å². The predicted octanol–water partition coefficient (Wildman–Crippen LogP) is 5.13. The van der Waals surface area contributed by atoms with E-state index in [2.05, 4.69) is 30.5 Å². The first-order valence-electron chi connectivity index (χ1n) is 16.2. The number of benzene rings is 3. The van der Waals surface area contributed by atoms with Gasteiger partial charge in [0.2, 0.25) is 6.79 Å². The van der Waals surface area contributed by atoms with E-state index in [4.69, 9.17) is 45.4 Å². The largest absolute Gasteiger partial charge is 1.00 e. The van der Waals surface area contributed by atoms with Crippen LogP contribution in [0.25, 0.3) is 0 Å². The molecule has 3 aromatic carbocycles. The first kappa shape index (κ1) is 40.6. The van der Waals surface area contributed by atoms with Crippen molar-refractivity contribution >= 4 is 28.7 Å². The quantitative estimate of drug-likeness (QED) is 0.101. The van der Waals surface area contributed by atoms with Gasteiger partial charge in [0.15, 0.2) is 16.6 Å². The Hall–Kier alpha value is -2.57. The Morgan fingerprint density at radius 3 is 1.66 bits per heavy atom. The Balaban J connectivity index is 0.000000462. The molecule has 0 aliphatic carbocycles. The molecule has 0 radical (unpaired) electrons. The molecule has 0 atom stereocenters. The van der Waals surface area contributed by atoms with Crippen LogP contribution in [0, 0.1) is 0 Å². The monoisotopic (exact) mass is 678 g/mol. The summed E-state index contributed by atoms with van der Waals surface area (Å²) in [6.45, 7) is 13.7. The summed E-state index contributed by atoms with van der Waals surface area (Å²) in [5.41, 5.74) is 4.26. The molecule has 11 heteroatoms. The van der Waals surface area contributed by atoms with Gasteiger partial charge in [-0.05, 0) is 111 Å². The van der Waals surface area contributed by atoms with Gasteiger partial charge < -0.3 is 45.2 Å². The second-order valence-electron chi connectivity index (χ2n) is 10.3. The zero-order valence-corrected chi connectivity index (χ0v) is 31.5. The standard InChI is InChI=1S/C19H30O5.C17H20N2O2S.Na.H/c1-3-5-7-20-8-9-21-10-11-22-14-17-13-19-18(23-15-24-19)12-16(17)6-4-2;1-3-20-15-9-5-13(6-10-15)18-17(22)19-14-7-11-16(12-8-14)21-4-2;;/h12-13H,3-11,14-15H2,1-2H3;5-12H,3-4H2,1-2H3,(H2,18,19,22);;/q;;+1;-1. The zero-order chi connectivity index (χ0) is 32.8. The number of anilines is 2. The molecule has 0 bridgehead atoms. The summed E-state index contributed by atoms with van der Waals surface area (Å²) in [4.78, 5) is 0. The third-order valence-electron chi connectivity index (χ3n) is 6.70. The maximum Gasteiger partial charge on any atom is 1.00 e. The van der Waals surface area contributed by atoms with E-state index in [-0.39, 0.29) is 31.0 Å². The first-order chi connectivity index (χ1) is 22.6. The third-order valence-corrected chi connectivity index (χ3v) is 6.91. The molecule has 0 amide bonds. The average Bonchev–Trinajstić information content (AvgIpc) is 3.52. The number of rotatable bonds is 19. The number of ether oxygens (including phenoxy) is 7. The van der Waals surface area contributed by atoms with Crippen LogP contribution in [0.4, 0.5) is 11.4 Å². The smallest absolute Gasteiger partial charge is 1.00 e. The third kappa shape index (κ3) is 15.9. The molecule has 4 rings (SSSR count). The van der Waals surface area contributed by atoms with Gasteiger partial charge in [-0.2, -0.15) is 0 Å². The Kier molecular flexibility index (Phi) is 21.2. The second-order valence-corrected chi connectivity index (χ2v) is 10.8. The van der Waals surface area contributed by atoms with E-state index in [0.29, 0.717) is 58.2 Å². The zero-order valence-electron chi connectivity index (χ0n) is 29.7. The number of nitrogens with one attached hydrogen (secondary N) is 2. The van der Waals surface area contributed by atoms with Crippen LogP contribution in [0.15, 0.2) is 60.7 Å². The molecule has 1 aliphatic heterocycles. The van der Waals surface area contributed by atoms with Gasteiger partial charge in [0.1, 0.15) is 11.5 Å². The number of aryl methyl sites for hydroxylation is 1. The molecule has 3 aromatic rings. The number of unbranched alkanes of at least 4 members (excludes halogenated alkanes) is 1. The fraction of sp³-hybridized carbons (Fsp3) is 0.472. The summed E-state index contributed by atoms with van der Waals surface area (Å²) < 4.78 is 38.4. The summed E-state index contributed by atoms with van der Waals surface area (Å²) in [7, 11) is 0. The molecule has 0 saturated carbocycles. The van der Waals surface area contributed by atoms with Gasteiger partial charge in [0.25, 0.3) is 0 Å². The summed E-state index contributed by atoms with van der Waals surface area (Å²) >= 11 is 5.30. The molecule has 0 aromatic heterocycles. The number of hydrogen-bond acceptors (Lipinski definition) is 8. The molecule has 0 fully saturated rings. The minimum Gasteiger partial charge on any atom is -1.00 e. The fourth-order valence-electron chi connectivity index (χ4n) is 4.43. The van der Waals surface area contributed by atoms with Crippen molar-refractivity contribution in [2.75, 3.05) is 63.7 Å². The van der Waals surface area contributed by atoms with Crippen molar-refractivity contribution in [2.45, 2.75) is 60.0 Å². The maximum absolute atomic E-state index is 5.75. The van der Waals surface area contributed by atoms with E-state index in [9.17, 15) is 0 Å². The maximum atomic E-state index is 5.75. The Bertz CT molecular complexity index is 1230. The molecule has 2 N–H and O–H groups in total. The number of thiocarbonyl (C=S) groups is 1. The van der Waals surface area contributed by atoms with Crippen LogP contribution in [0.3, 0.4) is 0 Å². The summed E-state index contributed by atoms with van der Waals surface area (Å²) in [6, 6.07) is 19.5. The molecular formula is C36H51N2NaO7S. The Labute approximate surface area is 309 Å². The van der Waals surface area contributed by atoms with E-state index in [1.807, 2.05) is 68.4 Å². The SMILES string of the molecule is CCCCOCCOCCOCc1cc2c(cc1CCC)OCO2.CCOc1ccc(NC(=S)Nc2ccc(OCC)cc2)cc1.[H-].[Na+]. The molecule has 47 heavy (non-hydrogen) atoms.